The van der Waals surface area contributed by atoms with Gasteiger partial charge in [-0.05, 0) is 36.9 Å². The van der Waals surface area contributed by atoms with Crippen LogP contribution < -0.4 is 10.1 Å². The van der Waals surface area contributed by atoms with Crippen molar-refractivity contribution in [1.82, 2.24) is 10.3 Å². The summed E-state index contributed by atoms with van der Waals surface area (Å²) < 4.78 is 10.7. The highest BCUT2D eigenvalue weighted by molar-refractivity contribution is 7.20. The Kier molecular flexibility index (Phi) is 6.78. The SMILES string of the molecule is Cc1ccc(OCCNC(=O)COC(=O)c2csc(-c3cccs3)n2)c(C)c1. The van der Waals surface area contributed by atoms with Gasteiger partial charge < -0.3 is 14.8 Å². The van der Waals surface area contributed by atoms with Crippen molar-refractivity contribution in [2.45, 2.75) is 13.8 Å². The van der Waals surface area contributed by atoms with Gasteiger partial charge in [0.05, 0.1) is 11.4 Å². The minimum atomic E-state index is -0.610. The zero-order chi connectivity index (χ0) is 19.9. The van der Waals surface area contributed by atoms with Crippen LogP contribution in [0.4, 0.5) is 0 Å². The van der Waals surface area contributed by atoms with Crippen LogP contribution in [0.2, 0.25) is 0 Å². The van der Waals surface area contributed by atoms with Crippen molar-refractivity contribution in [1.29, 1.82) is 0 Å². The number of aromatic nitrogens is 1. The predicted octanol–water partition coefficient (Wildman–Crippen LogP) is 3.84. The van der Waals surface area contributed by atoms with Crippen molar-refractivity contribution in [3.05, 3.63) is 57.9 Å². The third-order valence-electron chi connectivity index (χ3n) is 3.79. The number of hydrogen-bond donors (Lipinski definition) is 1. The number of ether oxygens (including phenoxy) is 2. The summed E-state index contributed by atoms with van der Waals surface area (Å²) in [5.41, 5.74) is 2.42. The highest BCUT2D eigenvalue weighted by Gasteiger charge is 2.15. The quantitative estimate of drug-likeness (QED) is 0.446. The first-order chi connectivity index (χ1) is 13.5. The fourth-order valence-corrected chi connectivity index (χ4v) is 4.05. The van der Waals surface area contributed by atoms with Crippen molar-refractivity contribution in [3.63, 3.8) is 0 Å². The molecule has 1 amide bonds. The summed E-state index contributed by atoms with van der Waals surface area (Å²) in [4.78, 5) is 29.1. The molecule has 0 spiro atoms. The van der Waals surface area contributed by atoms with Crippen LogP contribution in [0, 0.1) is 13.8 Å². The second-order valence-corrected chi connectivity index (χ2v) is 7.86. The first-order valence-electron chi connectivity index (χ1n) is 8.66. The number of hydrogen-bond acceptors (Lipinski definition) is 7. The molecular formula is C20H20N2O4S2. The molecule has 8 heteroatoms. The Morgan fingerprint density at radius 3 is 2.79 bits per heavy atom. The van der Waals surface area contributed by atoms with Crippen LogP contribution in [0.5, 0.6) is 5.75 Å². The molecule has 0 unspecified atom stereocenters. The summed E-state index contributed by atoms with van der Waals surface area (Å²) in [6.45, 7) is 4.30. The van der Waals surface area contributed by atoms with Gasteiger partial charge in [0.15, 0.2) is 12.3 Å². The molecule has 0 aliphatic rings. The largest absolute Gasteiger partial charge is 0.491 e. The van der Waals surface area contributed by atoms with Crippen LogP contribution in [0.3, 0.4) is 0 Å². The molecule has 28 heavy (non-hydrogen) atoms. The van der Waals surface area contributed by atoms with Gasteiger partial charge in [0.25, 0.3) is 5.91 Å². The van der Waals surface area contributed by atoms with E-state index >= 15 is 0 Å². The molecule has 2 aromatic heterocycles. The van der Waals surface area contributed by atoms with Crippen LogP contribution in [0.1, 0.15) is 21.6 Å². The molecule has 146 valence electrons. The first kappa shape index (κ1) is 20.0. The van der Waals surface area contributed by atoms with Crippen molar-refractivity contribution in [3.8, 4) is 15.6 Å². The summed E-state index contributed by atoms with van der Waals surface area (Å²) in [6, 6.07) is 9.78. The highest BCUT2D eigenvalue weighted by Crippen LogP contribution is 2.27. The molecule has 0 saturated carbocycles. The summed E-state index contributed by atoms with van der Waals surface area (Å²) in [6.07, 6.45) is 0. The van der Waals surface area contributed by atoms with E-state index in [-0.39, 0.29) is 18.2 Å². The molecule has 2 heterocycles. The molecule has 0 bridgehead atoms. The Labute approximate surface area is 171 Å². The van der Waals surface area contributed by atoms with Gasteiger partial charge in [-0.2, -0.15) is 0 Å². The molecule has 3 rings (SSSR count). The average molecular weight is 417 g/mol. The van der Waals surface area contributed by atoms with Gasteiger partial charge in [-0.1, -0.05) is 23.8 Å². The van der Waals surface area contributed by atoms with E-state index < -0.39 is 5.97 Å². The Morgan fingerprint density at radius 1 is 1.18 bits per heavy atom. The Balaban J connectivity index is 1.37. The van der Waals surface area contributed by atoms with E-state index in [1.807, 2.05) is 49.6 Å². The van der Waals surface area contributed by atoms with E-state index in [1.54, 1.807) is 16.7 Å². The van der Waals surface area contributed by atoms with Gasteiger partial charge >= 0.3 is 5.97 Å². The number of benzene rings is 1. The number of carbonyl (C=O) groups excluding carboxylic acids is 2. The molecule has 3 aromatic rings. The summed E-state index contributed by atoms with van der Waals surface area (Å²) in [5.74, 6) is -0.205. The Morgan fingerprint density at radius 2 is 2.04 bits per heavy atom. The lowest BCUT2D eigenvalue weighted by Gasteiger charge is -2.10. The topological polar surface area (TPSA) is 77.5 Å². The molecule has 1 aromatic carbocycles. The second-order valence-electron chi connectivity index (χ2n) is 6.06. The lowest BCUT2D eigenvalue weighted by atomic mass is 10.1. The van der Waals surface area contributed by atoms with Gasteiger partial charge in [0.2, 0.25) is 0 Å². The normalized spacial score (nSPS) is 10.5. The third kappa shape index (κ3) is 5.40. The lowest BCUT2D eigenvalue weighted by molar-refractivity contribution is -0.124. The maximum atomic E-state index is 12.0. The van der Waals surface area contributed by atoms with Gasteiger partial charge in [-0.15, -0.1) is 22.7 Å². The number of thiophene rings is 1. The zero-order valence-electron chi connectivity index (χ0n) is 15.6. The smallest absolute Gasteiger partial charge is 0.358 e. The monoisotopic (exact) mass is 416 g/mol. The molecule has 0 aliphatic carbocycles. The van der Waals surface area contributed by atoms with Crippen LogP contribution >= 0.6 is 22.7 Å². The summed E-state index contributed by atoms with van der Waals surface area (Å²) in [5, 5.41) is 7.00. The maximum Gasteiger partial charge on any atom is 0.358 e. The number of thiazole rings is 1. The van der Waals surface area contributed by atoms with E-state index in [9.17, 15) is 9.59 Å². The maximum absolute atomic E-state index is 12.0. The fraction of sp³-hybridized carbons (Fsp3) is 0.250. The lowest BCUT2D eigenvalue weighted by Crippen LogP contribution is -2.32. The van der Waals surface area contributed by atoms with Crippen LogP contribution in [-0.4, -0.2) is 36.6 Å². The van der Waals surface area contributed by atoms with Gasteiger partial charge in [0, 0.05) is 5.38 Å². The third-order valence-corrected chi connectivity index (χ3v) is 5.67. The fourth-order valence-electron chi connectivity index (χ4n) is 2.45. The highest BCUT2D eigenvalue weighted by atomic mass is 32.1. The summed E-state index contributed by atoms with van der Waals surface area (Å²) >= 11 is 2.92. The number of carbonyl (C=O) groups is 2. The molecular weight excluding hydrogens is 396 g/mol. The van der Waals surface area contributed by atoms with Crippen molar-refractivity contribution in [2.75, 3.05) is 19.8 Å². The standard InChI is InChI=1S/C20H20N2O4S2/c1-13-5-6-16(14(2)10-13)25-8-7-21-18(23)11-26-20(24)15-12-28-19(22-15)17-4-3-9-27-17/h3-6,9-10,12H,7-8,11H2,1-2H3,(H,21,23). The van der Waals surface area contributed by atoms with Crippen molar-refractivity contribution in [2.24, 2.45) is 0 Å². The second kappa shape index (κ2) is 9.48. The minimum absolute atomic E-state index is 0.208. The van der Waals surface area contributed by atoms with Gasteiger partial charge in [-0.3, -0.25) is 4.79 Å². The van der Waals surface area contributed by atoms with Crippen LogP contribution in [0.25, 0.3) is 9.88 Å². The molecule has 0 radical (unpaired) electrons. The molecule has 1 N–H and O–H groups in total. The Hall–Kier alpha value is -2.71. The van der Waals surface area contributed by atoms with E-state index in [4.69, 9.17) is 9.47 Å². The number of aryl methyl sites for hydroxylation is 2. The van der Waals surface area contributed by atoms with E-state index in [2.05, 4.69) is 10.3 Å². The van der Waals surface area contributed by atoms with E-state index in [0.29, 0.717) is 13.2 Å². The molecule has 0 aliphatic heterocycles. The van der Waals surface area contributed by atoms with Crippen LogP contribution in [-0.2, 0) is 9.53 Å². The Bertz CT molecular complexity index is 951. The molecule has 6 nitrogen and oxygen atoms in total. The first-order valence-corrected chi connectivity index (χ1v) is 10.4. The number of nitrogens with one attached hydrogen (secondary N) is 1. The average Bonchev–Trinajstić information content (AvgIpc) is 3.36. The number of esters is 1. The van der Waals surface area contributed by atoms with Gasteiger partial charge in [0.1, 0.15) is 17.4 Å². The van der Waals surface area contributed by atoms with Crippen LogP contribution in [0.15, 0.2) is 41.1 Å². The molecule has 0 saturated heterocycles. The number of nitrogens with zero attached hydrogens (tertiary/aromatic N) is 1. The molecule has 0 fully saturated rings. The van der Waals surface area contributed by atoms with Gasteiger partial charge in [-0.25, -0.2) is 9.78 Å². The van der Waals surface area contributed by atoms with E-state index in [0.717, 1.165) is 21.2 Å². The molecule has 0 atom stereocenters. The number of rotatable bonds is 8. The van der Waals surface area contributed by atoms with E-state index in [1.165, 1.54) is 16.9 Å². The summed E-state index contributed by atoms with van der Waals surface area (Å²) in [7, 11) is 0. The zero-order valence-corrected chi connectivity index (χ0v) is 17.2. The predicted molar refractivity (Wildman–Crippen MR) is 110 cm³/mol. The van der Waals surface area contributed by atoms with Crippen molar-refractivity contribution < 1.29 is 19.1 Å². The number of amides is 1. The minimum Gasteiger partial charge on any atom is -0.491 e. The van der Waals surface area contributed by atoms with Crippen molar-refractivity contribution >= 4 is 34.6 Å².